The fraction of sp³-hybridized carbons (Fsp3) is 0.683. The van der Waals surface area contributed by atoms with Gasteiger partial charge in [0.25, 0.3) is 0 Å². The van der Waals surface area contributed by atoms with Crippen molar-refractivity contribution in [1.29, 1.82) is 0 Å². The zero-order valence-electron chi connectivity index (χ0n) is 44.9. The number of allylic oxidation sites excluding steroid dienone is 18. The number of carbonyl (C=O) groups is 2. The van der Waals surface area contributed by atoms with Crippen LogP contribution in [-0.4, -0.2) is 46.9 Å². The van der Waals surface area contributed by atoms with Crippen LogP contribution in [0.25, 0.3) is 0 Å². The van der Waals surface area contributed by atoms with Gasteiger partial charge in [-0.3, -0.25) is 9.59 Å². The fourth-order valence-corrected chi connectivity index (χ4v) is 8.23. The molecule has 0 radical (unpaired) electrons. The van der Waals surface area contributed by atoms with Crippen LogP contribution in [0.2, 0.25) is 0 Å². The van der Waals surface area contributed by atoms with Gasteiger partial charge in [-0.25, -0.2) is 0 Å². The van der Waals surface area contributed by atoms with E-state index in [2.05, 4.69) is 80.8 Å². The molecule has 3 N–H and O–H groups in total. The van der Waals surface area contributed by atoms with E-state index >= 15 is 0 Å². The Kier molecular flexibility index (Phi) is 52.7. The second kappa shape index (κ2) is 55.4. The number of aliphatic hydroxyl groups excluding tert-OH is 2. The molecule has 0 fully saturated rings. The number of rotatable bonds is 50. The zero-order chi connectivity index (χ0) is 50.2. The Balaban J connectivity index is 4.72. The molecule has 69 heavy (non-hydrogen) atoms. The minimum atomic E-state index is -0.813. The molecule has 0 aromatic heterocycles. The molecule has 3 unspecified atom stereocenters. The van der Waals surface area contributed by atoms with Crippen molar-refractivity contribution in [3.63, 3.8) is 0 Å². The lowest BCUT2D eigenvalue weighted by Crippen LogP contribution is -2.46. The number of nitrogens with one attached hydrogen (secondary N) is 1. The van der Waals surface area contributed by atoms with E-state index in [4.69, 9.17) is 4.74 Å². The normalized spacial score (nSPS) is 14.0. The van der Waals surface area contributed by atoms with E-state index in [1.165, 1.54) is 122 Å². The molecule has 1 amide bonds. The number of hydrogen-bond donors (Lipinski definition) is 3. The summed E-state index contributed by atoms with van der Waals surface area (Å²) in [5.41, 5.74) is 0. The van der Waals surface area contributed by atoms with Crippen LogP contribution in [-0.2, 0) is 14.3 Å². The first-order valence-electron chi connectivity index (χ1n) is 28.7. The summed E-state index contributed by atoms with van der Waals surface area (Å²) in [5.74, 6) is -0.563. The van der Waals surface area contributed by atoms with Crippen molar-refractivity contribution in [2.45, 2.75) is 270 Å². The second-order valence-electron chi connectivity index (χ2n) is 19.2. The van der Waals surface area contributed by atoms with Crippen LogP contribution >= 0.6 is 0 Å². The van der Waals surface area contributed by atoms with Gasteiger partial charge in [-0.2, -0.15) is 0 Å². The van der Waals surface area contributed by atoms with E-state index in [0.717, 1.165) is 83.5 Å². The molecule has 0 bridgehead atoms. The topological polar surface area (TPSA) is 95.9 Å². The molecule has 0 rings (SSSR count). The Labute approximate surface area is 426 Å². The molecule has 0 aromatic carbocycles. The van der Waals surface area contributed by atoms with E-state index in [1.54, 1.807) is 0 Å². The summed E-state index contributed by atoms with van der Waals surface area (Å²) in [6, 6.07) is -0.731. The van der Waals surface area contributed by atoms with Gasteiger partial charge in [-0.05, 0) is 70.6 Å². The van der Waals surface area contributed by atoms with Crippen molar-refractivity contribution >= 4 is 11.9 Å². The average Bonchev–Trinajstić information content (AvgIpc) is 3.34. The van der Waals surface area contributed by atoms with Crippen molar-refractivity contribution in [1.82, 2.24) is 5.32 Å². The Hall–Kier alpha value is -3.48. The van der Waals surface area contributed by atoms with Gasteiger partial charge in [0.2, 0.25) is 5.91 Å². The molecule has 0 heterocycles. The summed E-state index contributed by atoms with van der Waals surface area (Å²) in [5, 5.41) is 23.9. The predicted octanol–water partition coefficient (Wildman–Crippen LogP) is 17.8. The largest absolute Gasteiger partial charge is 0.462 e. The van der Waals surface area contributed by atoms with E-state index in [-0.39, 0.29) is 24.9 Å². The van der Waals surface area contributed by atoms with E-state index in [0.29, 0.717) is 19.3 Å². The lowest BCUT2D eigenvalue weighted by atomic mass is 10.0. The van der Waals surface area contributed by atoms with Crippen molar-refractivity contribution in [2.75, 3.05) is 6.61 Å². The first kappa shape index (κ1) is 65.5. The number of hydrogen-bond acceptors (Lipinski definition) is 5. The van der Waals surface area contributed by atoms with Crippen LogP contribution in [0.15, 0.2) is 109 Å². The number of esters is 1. The summed E-state index contributed by atoms with van der Waals surface area (Å²) in [7, 11) is 0. The minimum Gasteiger partial charge on any atom is -0.462 e. The first-order valence-corrected chi connectivity index (χ1v) is 28.7. The van der Waals surface area contributed by atoms with Gasteiger partial charge in [0.05, 0.1) is 25.2 Å². The third kappa shape index (κ3) is 50.7. The van der Waals surface area contributed by atoms with Gasteiger partial charge in [0, 0.05) is 6.42 Å². The van der Waals surface area contributed by atoms with Gasteiger partial charge < -0.3 is 20.3 Å². The summed E-state index contributed by atoms with van der Waals surface area (Å²) < 4.78 is 5.92. The van der Waals surface area contributed by atoms with Crippen LogP contribution < -0.4 is 5.32 Å². The van der Waals surface area contributed by atoms with E-state index < -0.39 is 18.2 Å². The Morgan fingerprint density at radius 3 is 1.20 bits per heavy atom. The van der Waals surface area contributed by atoms with Crippen LogP contribution in [0.1, 0.15) is 252 Å². The second-order valence-corrected chi connectivity index (χ2v) is 19.2. The van der Waals surface area contributed by atoms with Gasteiger partial charge in [0.1, 0.15) is 6.10 Å². The highest BCUT2D eigenvalue weighted by Gasteiger charge is 2.24. The molecule has 6 heteroatoms. The van der Waals surface area contributed by atoms with Gasteiger partial charge in [-0.1, -0.05) is 278 Å². The first-order chi connectivity index (χ1) is 34.0. The van der Waals surface area contributed by atoms with Gasteiger partial charge >= 0.3 is 5.97 Å². The monoisotopic (exact) mass is 958 g/mol. The van der Waals surface area contributed by atoms with Crippen LogP contribution in [0.3, 0.4) is 0 Å². The Morgan fingerprint density at radius 1 is 0.435 bits per heavy atom. The molecule has 0 aliphatic rings. The predicted molar refractivity (Wildman–Crippen MR) is 300 cm³/mol. The maximum absolute atomic E-state index is 13.3. The van der Waals surface area contributed by atoms with Crippen LogP contribution in [0.4, 0.5) is 0 Å². The van der Waals surface area contributed by atoms with Crippen molar-refractivity contribution in [3.8, 4) is 0 Å². The summed E-state index contributed by atoms with van der Waals surface area (Å²) in [4.78, 5) is 26.3. The molecule has 394 valence electrons. The number of ether oxygens (including phenoxy) is 1. The molecular weight excluding hydrogens is 851 g/mol. The number of aliphatic hydroxyl groups is 2. The summed E-state index contributed by atoms with van der Waals surface area (Å²) >= 11 is 0. The van der Waals surface area contributed by atoms with Crippen molar-refractivity contribution in [2.24, 2.45) is 0 Å². The van der Waals surface area contributed by atoms with E-state index in [1.807, 2.05) is 54.7 Å². The number of amides is 1. The zero-order valence-corrected chi connectivity index (χ0v) is 44.9. The molecule has 0 spiro atoms. The smallest absolute Gasteiger partial charge is 0.306 e. The Bertz CT molecular complexity index is 1400. The average molecular weight is 959 g/mol. The number of carbonyl (C=O) groups excluding carboxylic acids is 2. The molecule has 6 nitrogen and oxygen atoms in total. The van der Waals surface area contributed by atoms with Crippen LogP contribution in [0.5, 0.6) is 0 Å². The highest BCUT2D eigenvalue weighted by Crippen LogP contribution is 2.18. The molecule has 3 atom stereocenters. The molecule has 0 saturated carbocycles. The molecule has 0 aliphatic carbocycles. The van der Waals surface area contributed by atoms with Crippen molar-refractivity contribution in [3.05, 3.63) is 109 Å². The minimum absolute atomic E-state index is 0.0303. The molecule has 0 aliphatic heterocycles. The van der Waals surface area contributed by atoms with E-state index in [9.17, 15) is 19.8 Å². The molecular formula is C63H107NO5. The molecule has 0 aromatic rings. The summed E-state index contributed by atoms with van der Waals surface area (Å²) in [6.45, 7) is 6.32. The highest BCUT2D eigenvalue weighted by atomic mass is 16.5. The van der Waals surface area contributed by atoms with Gasteiger partial charge in [0.15, 0.2) is 0 Å². The lowest BCUT2D eigenvalue weighted by Gasteiger charge is -2.24. The van der Waals surface area contributed by atoms with Crippen molar-refractivity contribution < 1.29 is 24.5 Å². The third-order valence-corrected chi connectivity index (χ3v) is 12.6. The maximum Gasteiger partial charge on any atom is 0.306 e. The standard InChI is InChI=1S/C63H107NO5/c1-4-7-10-13-16-19-22-25-28-31-34-37-40-43-46-49-52-55-61(66)60(58-65)64-62(67)57-59(54-51-48-45-42-39-36-33-30-27-24-21-18-15-12-9-6-3)69-63(68)56-53-50-47-44-41-38-35-32-29-26-23-20-17-14-11-8-5-2/h8,11,14,17,20,23-24,26-27,29-30,32-33,35-36,38-39,41,59-61,65-66H,4-7,9-10,12-13,15-16,18-19,21-22,25,28,31,34,37,40,42-58H2,1-3H3,(H,64,67)/b11-8-,17-14+,23-20+,27-24+,29-26-,33-30+,35-32+,39-36+,41-38+. The molecule has 0 saturated heterocycles. The van der Waals surface area contributed by atoms with Gasteiger partial charge in [-0.15, -0.1) is 0 Å². The van der Waals surface area contributed by atoms with Crippen LogP contribution in [0, 0.1) is 0 Å². The maximum atomic E-state index is 13.3. The Morgan fingerprint density at radius 2 is 0.783 bits per heavy atom. The highest BCUT2D eigenvalue weighted by molar-refractivity contribution is 5.77. The quantitative estimate of drug-likeness (QED) is 0.0321. The lowest BCUT2D eigenvalue weighted by molar-refractivity contribution is -0.151. The summed E-state index contributed by atoms with van der Waals surface area (Å²) in [6.07, 6.45) is 75.7. The SMILES string of the molecule is CC\C=C/C=C/C=C/C=C\C=C\C=C\CCCCCC(=O)OC(CCCCC/C=C/C=C/C=C/CCCCCCC)CC(=O)NC(CO)C(O)CCCCCCCCCCCCCCCCCCC. The number of unbranched alkanes of at least 4 members (excludes halogenated alkanes) is 27. The third-order valence-electron chi connectivity index (χ3n) is 12.6. The fourth-order valence-electron chi connectivity index (χ4n) is 8.23.